The van der Waals surface area contributed by atoms with E-state index in [9.17, 15) is 8.42 Å². The van der Waals surface area contributed by atoms with Gasteiger partial charge in [-0.1, -0.05) is 36.2 Å². The van der Waals surface area contributed by atoms with Gasteiger partial charge in [0.05, 0.1) is 5.25 Å². The molecular weight excluding hydrogens is 308 g/mol. The molecule has 1 aliphatic rings. The molecule has 0 spiro atoms. The van der Waals surface area contributed by atoms with Crippen molar-refractivity contribution in [1.82, 2.24) is 4.90 Å². The van der Waals surface area contributed by atoms with Gasteiger partial charge >= 0.3 is 0 Å². The van der Waals surface area contributed by atoms with E-state index in [1.165, 1.54) is 6.26 Å². The third-order valence-electron chi connectivity index (χ3n) is 4.67. The van der Waals surface area contributed by atoms with Crippen molar-refractivity contribution < 1.29 is 8.42 Å². The molecule has 1 aromatic carbocycles. The van der Waals surface area contributed by atoms with Crippen LogP contribution in [0.5, 0.6) is 0 Å². The third-order valence-corrected chi connectivity index (χ3v) is 6.75. The monoisotopic (exact) mass is 330 g/mol. The van der Waals surface area contributed by atoms with Crippen molar-refractivity contribution in [2.24, 2.45) is 5.73 Å². The van der Waals surface area contributed by atoms with Crippen molar-refractivity contribution >= 4 is 21.4 Å². The second-order valence-corrected chi connectivity index (χ2v) is 8.60. The second kappa shape index (κ2) is 6.24. The molecule has 0 radical (unpaired) electrons. The summed E-state index contributed by atoms with van der Waals surface area (Å²) in [4.78, 5) is 2.08. The highest BCUT2D eigenvalue weighted by Crippen LogP contribution is 2.39. The van der Waals surface area contributed by atoms with Crippen LogP contribution in [0.15, 0.2) is 24.3 Å². The fourth-order valence-electron chi connectivity index (χ4n) is 3.50. The topological polar surface area (TPSA) is 63.4 Å². The number of halogens is 1. The molecule has 0 amide bonds. The van der Waals surface area contributed by atoms with Crippen LogP contribution in [0.1, 0.15) is 24.8 Å². The predicted molar refractivity (Wildman–Crippen MR) is 87.2 cm³/mol. The molecule has 2 unspecified atom stereocenters. The van der Waals surface area contributed by atoms with Gasteiger partial charge in [-0.25, -0.2) is 8.42 Å². The SMILES string of the molecule is CN(Cc1ccccc1Cl)C1(CN)CCCC1S(C)(=O)=O. The first kappa shape index (κ1) is 16.7. The minimum atomic E-state index is -3.12. The highest BCUT2D eigenvalue weighted by atomic mass is 35.5. The Morgan fingerprint density at radius 2 is 2.10 bits per heavy atom. The molecule has 21 heavy (non-hydrogen) atoms. The van der Waals surface area contributed by atoms with E-state index in [1.54, 1.807) is 0 Å². The third kappa shape index (κ3) is 3.26. The predicted octanol–water partition coefficient (Wildman–Crippen LogP) is 2.07. The molecule has 0 bridgehead atoms. The van der Waals surface area contributed by atoms with Gasteiger partial charge in [-0.05, 0) is 31.5 Å². The van der Waals surface area contributed by atoms with Gasteiger partial charge in [-0.15, -0.1) is 0 Å². The molecule has 0 saturated heterocycles. The summed E-state index contributed by atoms with van der Waals surface area (Å²) in [5.41, 5.74) is 6.51. The van der Waals surface area contributed by atoms with Gasteiger partial charge in [-0.3, -0.25) is 4.90 Å². The van der Waals surface area contributed by atoms with Crippen LogP contribution in [-0.4, -0.2) is 44.0 Å². The summed E-state index contributed by atoms with van der Waals surface area (Å²) in [6, 6.07) is 7.64. The molecule has 0 aromatic heterocycles. The van der Waals surface area contributed by atoms with E-state index in [0.29, 0.717) is 24.5 Å². The van der Waals surface area contributed by atoms with Crippen molar-refractivity contribution in [2.75, 3.05) is 19.8 Å². The normalized spacial score (nSPS) is 26.4. The first-order valence-corrected chi connectivity index (χ1v) is 9.48. The Morgan fingerprint density at radius 1 is 1.43 bits per heavy atom. The van der Waals surface area contributed by atoms with Crippen LogP contribution in [0, 0.1) is 0 Å². The zero-order valence-corrected chi connectivity index (χ0v) is 14.1. The number of nitrogens with zero attached hydrogens (tertiary/aromatic N) is 1. The maximum absolute atomic E-state index is 12.1. The molecular formula is C15H23ClN2O2S. The second-order valence-electron chi connectivity index (χ2n) is 5.97. The number of sulfone groups is 1. The molecule has 1 aromatic rings. The Morgan fingerprint density at radius 3 is 2.67 bits per heavy atom. The first-order valence-electron chi connectivity index (χ1n) is 7.15. The molecule has 118 valence electrons. The number of hydrogen-bond acceptors (Lipinski definition) is 4. The highest BCUT2D eigenvalue weighted by molar-refractivity contribution is 7.91. The summed E-state index contributed by atoms with van der Waals surface area (Å²) in [5.74, 6) is 0. The van der Waals surface area contributed by atoms with Gasteiger partial charge in [0.2, 0.25) is 0 Å². The van der Waals surface area contributed by atoms with Gasteiger partial charge in [-0.2, -0.15) is 0 Å². The molecule has 2 rings (SSSR count). The molecule has 2 N–H and O–H groups in total. The Balaban J connectivity index is 2.30. The summed E-state index contributed by atoms with van der Waals surface area (Å²) in [5, 5.41) is 0.299. The molecule has 4 nitrogen and oxygen atoms in total. The Hall–Kier alpha value is -0.620. The summed E-state index contributed by atoms with van der Waals surface area (Å²) in [7, 11) is -1.18. The molecule has 1 fully saturated rings. The largest absolute Gasteiger partial charge is 0.329 e. The lowest BCUT2D eigenvalue weighted by molar-refractivity contribution is 0.126. The Labute approximate surface area is 132 Å². The molecule has 0 aliphatic heterocycles. The minimum Gasteiger partial charge on any atom is -0.329 e. The number of rotatable bonds is 5. The van der Waals surface area contributed by atoms with E-state index in [0.717, 1.165) is 18.4 Å². The zero-order valence-electron chi connectivity index (χ0n) is 12.5. The fraction of sp³-hybridized carbons (Fsp3) is 0.600. The van der Waals surface area contributed by atoms with Crippen molar-refractivity contribution in [1.29, 1.82) is 0 Å². The lowest BCUT2D eigenvalue weighted by Crippen LogP contribution is -2.58. The van der Waals surface area contributed by atoms with Gasteiger partial charge < -0.3 is 5.73 Å². The maximum atomic E-state index is 12.1. The molecule has 1 aliphatic carbocycles. The highest BCUT2D eigenvalue weighted by Gasteiger charge is 2.49. The van der Waals surface area contributed by atoms with Crippen molar-refractivity contribution in [3.05, 3.63) is 34.9 Å². The number of likely N-dealkylation sites (N-methyl/N-ethyl adjacent to an activating group) is 1. The van der Waals surface area contributed by atoms with Crippen LogP contribution in [0.25, 0.3) is 0 Å². The van der Waals surface area contributed by atoms with Crippen LogP contribution in [0.3, 0.4) is 0 Å². The van der Waals surface area contributed by atoms with Gasteiger partial charge in [0.25, 0.3) is 0 Å². The lowest BCUT2D eigenvalue weighted by atomic mass is 9.94. The fourth-order valence-corrected chi connectivity index (χ4v) is 5.48. The minimum absolute atomic E-state index is 0.339. The summed E-state index contributed by atoms with van der Waals surface area (Å²) < 4.78 is 24.2. The molecule has 0 heterocycles. The standard InChI is InChI=1S/C15H23ClN2O2S/c1-18(10-12-6-3-4-7-13(12)16)15(11-17)9-5-8-14(15)21(2,19)20/h3-4,6-7,14H,5,8-11,17H2,1-2H3. The van der Waals surface area contributed by atoms with Crippen molar-refractivity contribution in [2.45, 2.75) is 36.6 Å². The Bertz CT molecular complexity index is 605. The van der Waals surface area contributed by atoms with Crippen LogP contribution >= 0.6 is 11.6 Å². The maximum Gasteiger partial charge on any atom is 0.152 e. The lowest BCUT2D eigenvalue weighted by Gasteiger charge is -2.42. The zero-order chi connectivity index (χ0) is 15.7. The van der Waals surface area contributed by atoms with E-state index in [2.05, 4.69) is 4.90 Å². The average molecular weight is 331 g/mol. The summed E-state index contributed by atoms with van der Waals surface area (Å²) in [6.07, 6.45) is 3.70. The van der Waals surface area contributed by atoms with Gasteiger partial charge in [0.1, 0.15) is 0 Å². The number of nitrogens with two attached hydrogens (primary N) is 1. The van der Waals surface area contributed by atoms with Crippen molar-refractivity contribution in [3.63, 3.8) is 0 Å². The number of hydrogen-bond donors (Lipinski definition) is 1. The van der Waals surface area contributed by atoms with Gasteiger partial charge in [0.15, 0.2) is 9.84 Å². The summed E-state index contributed by atoms with van der Waals surface area (Å²) in [6.45, 7) is 0.939. The molecule has 1 saturated carbocycles. The van der Waals surface area contributed by atoms with E-state index < -0.39 is 20.6 Å². The quantitative estimate of drug-likeness (QED) is 0.897. The smallest absolute Gasteiger partial charge is 0.152 e. The van der Waals surface area contributed by atoms with E-state index in [-0.39, 0.29) is 0 Å². The van der Waals surface area contributed by atoms with E-state index >= 15 is 0 Å². The van der Waals surface area contributed by atoms with Crippen LogP contribution in [0.4, 0.5) is 0 Å². The van der Waals surface area contributed by atoms with Crippen LogP contribution in [0.2, 0.25) is 5.02 Å². The Kier molecular flexibility index (Phi) is 4.98. The van der Waals surface area contributed by atoms with E-state index in [4.69, 9.17) is 17.3 Å². The molecule has 2 atom stereocenters. The van der Waals surface area contributed by atoms with Crippen LogP contribution in [-0.2, 0) is 16.4 Å². The van der Waals surface area contributed by atoms with Gasteiger partial charge in [0, 0.05) is 29.9 Å². The van der Waals surface area contributed by atoms with E-state index in [1.807, 2.05) is 31.3 Å². The first-order chi connectivity index (χ1) is 9.81. The summed E-state index contributed by atoms with van der Waals surface area (Å²) >= 11 is 6.21. The van der Waals surface area contributed by atoms with Crippen molar-refractivity contribution in [3.8, 4) is 0 Å². The average Bonchev–Trinajstić information content (AvgIpc) is 2.86. The molecule has 6 heteroatoms. The van der Waals surface area contributed by atoms with Crippen LogP contribution < -0.4 is 5.73 Å². The number of benzene rings is 1.